The SMILES string of the molecule is CCOC(=O)CC(C)Sc1nncn1C. The first-order chi connectivity index (χ1) is 7.13. The number of hydrogen-bond acceptors (Lipinski definition) is 5. The van der Waals surface area contributed by atoms with Gasteiger partial charge in [0.1, 0.15) is 6.33 Å². The predicted octanol–water partition coefficient (Wildman–Crippen LogP) is 1.25. The molecular formula is C9H15N3O2S. The number of hydrogen-bond donors (Lipinski definition) is 0. The van der Waals surface area contributed by atoms with E-state index in [0.717, 1.165) is 5.16 Å². The van der Waals surface area contributed by atoms with Crippen LogP contribution in [0.25, 0.3) is 0 Å². The molecule has 5 nitrogen and oxygen atoms in total. The van der Waals surface area contributed by atoms with Crippen LogP contribution in [0.4, 0.5) is 0 Å². The first-order valence-corrected chi connectivity index (χ1v) is 5.67. The fraction of sp³-hybridized carbons (Fsp3) is 0.667. The predicted molar refractivity (Wildman–Crippen MR) is 57.6 cm³/mol. The molecule has 1 heterocycles. The van der Waals surface area contributed by atoms with E-state index in [-0.39, 0.29) is 11.2 Å². The third-order valence-electron chi connectivity index (χ3n) is 1.74. The summed E-state index contributed by atoms with van der Waals surface area (Å²) < 4.78 is 6.69. The van der Waals surface area contributed by atoms with Crippen LogP contribution in [0.3, 0.4) is 0 Å². The summed E-state index contributed by atoms with van der Waals surface area (Å²) in [6.07, 6.45) is 2.03. The van der Waals surface area contributed by atoms with E-state index < -0.39 is 0 Å². The van der Waals surface area contributed by atoms with Crippen molar-refractivity contribution in [3.8, 4) is 0 Å². The zero-order valence-corrected chi connectivity index (χ0v) is 9.95. The van der Waals surface area contributed by atoms with Gasteiger partial charge in [-0.15, -0.1) is 10.2 Å². The van der Waals surface area contributed by atoms with Crippen LogP contribution in [-0.2, 0) is 16.6 Å². The fourth-order valence-electron chi connectivity index (χ4n) is 1.06. The van der Waals surface area contributed by atoms with Crippen LogP contribution in [0.2, 0.25) is 0 Å². The van der Waals surface area contributed by atoms with Crippen LogP contribution in [-0.4, -0.2) is 32.6 Å². The second kappa shape index (κ2) is 5.75. The maximum atomic E-state index is 11.2. The van der Waals surface area contributed by atoms with Crippen molar-refractivity contribution in [2.45, 2.75) is 30.7 Å². The quantitative estimate of drug-likeness (QED) is 0.562. The zero-order chi connectivity index (χ0) is 11.3. The molecule has 15 heavy (non-hydrogen) atoms. The summed E-state index contributed by atoms with van der Waals surface area (Å²) in [5, 5.41) is 8.66. The molecule has 0 spiro atoms. The van der Waals surface area contributed by atoms with Gasteiger partial charge in [0.2, 0.25) is 0 Å². The molecule has 1 atom stereocenters. The molecule has 0 aliphatic rings. The summed E-state index contributed by atoms with van der Waals surface area (Å²) in [5.41, 5.74) is 0. The van der Waals surface area contributed by atoms with Gasteiger partial charge >= 0.3 is 5.97 Å². The fourth-order valence-corrected chi connectivity index (χ4v) is 1.94. The number of aromatic nitrogens is 3. The largest absolute Gasteiger partial charge is 0.466 e. The Kier molecular flexibility index (Phi) is 4.61. The Morgan fingerprint density at radius 1 is 1.73 bits per heavy atom. The maximum absolute atomic E-state index is 11.2. The molecule has 1 unspecified atom stereocenters. The number of aryl methyl sites for hydroxylation is 1. The number of carbonyl (C=O) groups excluding carboxylic acids is 1. The molecule has 0 fully saturated rings. The van der Waals surface area contributed by atoms with Crippen molar-refractivity contribution in [1.29, 1.82) is 0 Å². The van der Waals surface area contributed by atoms with E-state index in [9.17, 15) is 4.79 Å². The normalized spacial score (nSPS) is 12.5. The lowest BCUT2D eigenvalue weighted by Gasteiger charge is -2.08. The summed E-state index contributed by atoms with van der Waals surface area (Å²) in [6, 6.07) is 0. The molecule has 0 amide bonds. The van der Waals surface area contributed by atoms with Crippen molar-refractivity contribution >= 4 is 17.7 Å². The van der Waals surface area contributed by atoms with Crippen LogP contribution < -0.4 is 0 Å². The third kappa shape index (κ3) is 3.91. The molecule has 6 heteroatoms. The van der Waals surface area contributed by atoms with Crippen molar-refractivity contribution < 1.29 is 9.53 Å². The van der Waals surface area contributed by atoms with Crippen molar-refractivity contribution in [1.82, 2.24) is 14.8 Å². The Hall–Kier alpha value is -1.04. The molecule has 0 radical (unpaired) electrons. The van der Waals surface area contributed by atoms with Crippen molar-refractivity contribution in [3.63, 3.8) is 0 Å². The highest BCUT2D eigenvalue weighted by atomic mass is 32.2. The van der Waals surface area contributed by atoms with Gasteiger partial charge in [-0.25, -0.2) is 0 Å². The van der Waals surface area contributed by atoms with E-state index in [1.807, 2.05) is 18.5 Å². The summed E-state index contributed by atoms with van der Waals surface area (Å²) in [4.78, 5) is 11.2. The van der Waals surface area contributed by atoms with E-state index >= 15 is 0 Å². The van der Waals surface area contributed by atoms with E-state index in [1.165, 1.54) is 11.8 Å². The standard InChI is InChI=1S/C9H15N3O2S/c1-4-14-8(13)5-7(2)15-9-11-10-6-12(9)3/h6-7H,4-5H2,1-3H3. The van der Waals surface area contributed by atoms with E-state index in [0.29, 0.717) is 13.0 Å². The topological polar surface area (TPSA) is 57.0 Å². The van der Waals surface area contributed by atoms with Gasteiger partial charge in [-0.05, 0) is 6.92 Å². The summed E-state index contributed by atoms with van der Waals surface area (Å²) in [6.45, 7) is 4.20. The van der Waals surface area contributed by atoms with Gasteiger partial charge in [0.25, 0.3) is 0 Å². The van der Waals surface area contributed by atoms with Crippen molar-refractivity contribution in [2.24, 2.45) is 7.05 Å². The smallest absolute Gasteiger partial charge is 0.306 e. The molecule has 0 bridgehead atoms. The first kappa shape index (κ1) is 12.0. The highest BCUT2D eigenvalue weighted by Crippen LogP contribution is 2.22. The second-order valence-corrected chi connectivity index (χ2v) is 4.57. The molecule has 0 aromatic carbocycles. The van der Waals surface area contributed by atoms with Crippen LogP contribution in [0.15, 0.2) is 11.5 Å². The Bertz CT molecular complexity index is 327. The number of thioether (sulfide) groups is 1. The number of nitrogens with zero attached hydrogens (tertiary/aromatic N) is 3. The van der Waals surface area contributed by atoms with Crippen molar-refractivity contribution in [2.75, 3.05) is 6.61 Å². The minimum atomic E-state index is -0.167. The summed E-state index contributed by atoms with van der Waals surface area (Å²) >= 11 is 1.52. The summed E-state index contributed by atoms with van der Waals surface area (Å²) in [5.74, 6) is -0.167. The van der Waals surface area contributed by atoms with Crippen LogP contribution in [0.5, 0.6) is 0 Å². The van der Waals surface area contributed by atoms with Gasteiger partial charge in [0.05, 0.1) is 13.0 Å². The van der Waals surface area contributed by atoms with Crippen molar-refractivity contribution in [3.05, 3.63) is 6.33 Å². The monoisotopic (exact) mass is 229 g/mol. The van der Waals surface area contributed by atoms with Gasteiger partial charge in [-0.1, -0.05) is 18.7 Å². The van der Waals surface area contributed by atoms with Gasteiger partial charge in [0.15, 0.2) is 5.16 Å². The maximum Gasteiger partial charge on any atom is 0.306 e. The Morgan fingerprint density at radius 3 is 3.00 bits per heavy atom. The highest BCUT2D eigenvalue weighted by Gasteiger charge is 2.13. The Labute approximate surface area is 93.2 Å². The number of carbonyl (C=O) groups is 1. The average molecular weight is 229 g/mol. The number of esters is 1. The summed E-state index contributed by atoms with van der Waals surface area (Å²) in [7, 11) is 1.87. The molecule has 0 saturated heterocycles. The van der Waals surface area contributed by atoms with Gasteiger partial charge in [-0.3, -0.25) is 4.79 Å². The Morgan fingerprint density at radius 2 is 2.47 bits per heavy atom. The number of rotatable bonds is 5. The third-order valence-corrected chi connectivity index (χ3v) is 2.89. The van der Waals surface area contributed by atoms with Crippen LogP contribution in [0, 0.1) is 0 Å². The second-order valence-electron chi connectivity index (χ2n) is 3.16. The average Bonchev–Trinajstić information content (AvgIpc) is 2.52. The minimum Gasteiger partial charge on any atom is -0.466 e. The Balaban J connectivity index is 2.39. The lowest BCUT2D eigenvalue weighted by Crippen LogP contribution is -2.11. The van der Waals surface area contributed by atoms with E-state index in [4.69, 9.17) is 4.74 Å². The molecule has 84 valence electrons. The molecule has 0 aliphatic carbocycles. The molecule has 0 N–H and O–H groups in total. The molecule has 0 aliphatic heterocycles. The van der Waals surface area contributed by atoms with Gasteiger partial charge < -0.3 is 9.30 Å². The zero-order valence-electron chi connectivity index (χ0n) is 9.14. The molecular weight excluding hydrogens is 214 g/mol. The first-order valence-electron chi connectivity index (χ1n) is 4.79. The lowest BCUT2D eigenvalue weighted by molar-refractivity contribution is -0.142. The van der Waals surface area contributed by atoms with E-state index in [2.05, 4.69) is 10.2 Å². The van der Waals surface area contributed by atoms with Crippen LogP contribution in [0.1, 0.15) is 20.3 Å². The minimum absolute atomic E-state index is 0.145. The lowest BCUT2D eigenvalue weighted by atomic mass is 10.3. The van der Waals surface area contributed by atoms with Gasteiger partial charge in [-0.2, -0.15) is 0 Å². The molecule has 0 saturated carbocycles. The van der Waals surface area contributed by atoms with Gasteiger partial charge in [0, 0.05) is 12.3 Å². The molecule has 1 rings (SSSR count). The molecule has 1 aromatic rings. The molecule has 1 aromatic heterocycles. The number of ether oxygens (including phenoxy) is 1. The van der Waals surface area contributed by atoms with Crippen LogP contribution >= 0.6 is 11.8 Å². The highest BCUT2D eigenvalue weighted by molar-refractivity contribution is 7.99. The van der Waals surface area contributed by atoms with E-state index in [1.54, 1.807) is 13.3 Å².